The third-order valence-corrected chi connectivity index (χ3v) is 2.57. The van der Waals surface area contributed by atoms with Gasteiger partial charge in [0.2, 0.25) is 0 Å². The summed E-state index contributed by atoms with van der Waals surface area (Å²) < 4.78 is 6.90. The number of nitrogens with zero attached hydrogens (tertiary/aromatic N) is 3. The molecule has 0 amide bonds. The highest BCUT2D eigenvalue weighted by atomic mass is 16.5. The first-order valence-electron chi connectivity index (χ1n) is 6.29. The van der Waals surface area contributed by atoms with Crippen molar-refractivity contribution in [1.29, 1.82) is 0 Å². The molecule has 0 fully saturated rings. The smallest absolute Gasteiger partial charge is 0.358 e. The summed E-state index contributed by atoms with van der Waals surface area (Å²) >= 11 is 0. The van der Waals surface area contributed by atoms with Crippen molar-refractivity contribution in [2.75, 3.05) is 18.5 Å². The minimum atomic E-state index is -1.08. The number of benzene rings is 1. The van der Waals surface area contributed by atoms with Gasteiger partial charge in [-0.15, -0.1) is 5.10 Å². The van der Waals surface area contributed by atoms with Gasteiger partial charge in [-0.05, 0) is 19.1 Å². The fourth-order valence-corrected chi connectivity index (χ4v) is 1.68. The third kappa shape index (κ3) is 3.71. The average molecular weight is 276 g/mol. The number of carboxylic acid groups (broad SMARTS) is 1. The topological polar surface area (TPSA) is 89.3 Å². The molecule has 2 N–H and O–H groups in total. The van der Waals surface area contributed by atoms with E-state index in [4.69, 9.17) is 9.84 Å². The standard InChI is InChI=1S/C13H16N4O3/c1-2-20-11-5-3-4-10(8-11)14-6-7-17-9-12(13(18)19)15-16-17/h3-5,8-9,14H,2,6-7H2,1H3,(H,18,19). The summed E-state index contributed by atoms with van der Waals surface area (Å²) in [5.74, 6) is -0.264. The Balaban J connectivity index is 1.85. The van der Waals surface area contributed by atoms with E-state index in [0.717, 1.165) is 11.4 Å². The van der Waals surface area contributed by atoms with Crippen LogP contribution in [-0.4, -0.2) is 39.2 Å². The Hall–Kier alpha value is -2.57. The van der Waals surface area contributed by atoms with Crippen LogP contribution in [0.25, 0.3) is 0 Å². The van der Waals surface area contributed by atoms with Crippen LogP contribution in [0.5, 0.6) is 5.75 Å². The Bertz CT molecular complexity index is 583. The van der Waals surface area contributed by atoms with Crippen molar-refractivity contribution in [2.45, 2.75) is 13.5 Å². The number of hydrogen-bond donors (Lipinski definition) is 2. The van der Waals surface area contributed by atoms with Gasteiger partial charge in [0.15, 0.2) is 5.69 Å². The predicted octanol–water partition coefficient (Wildman–Crippen LogP) is 1.49. The second-order valence-electron chi connectivity index (χ2n) is 4.06. The predicted molar refractivity (Wildman–Crippen MR) is 73.1 cm³/mol. The molecule has 0 spiro atoms. The molecule has 0 saturated carbocycles. The molecule has 2 rings (SSSR count). The summed E-state index contributed by atoms with van der Waals surface area (Å²) in [4.78, 5) is 10.7. The number of carboxylic acids is 1. The highest BCUT2D eigenvalue weighted by Crippen LogP contribution is 2.16. The molecule has 0 atom stereocenters. The van der Waals surface area contributed by atoms with Gasteiger partial charge in [0.25, 0.3) is 0 Å². The summed E-state index contributed by atoms with van der Waals surface area (Å²) in [6.07, 6.45) is 1.40. The SMILES string of the molecule is CCOc1cccc(NCCn2cc(C(=O)O)nn2)c1. The Morgan fingerprint density at radius 1 is 1.50 bits per heavy atom. The molecule has 7 heteroatoms. The Labute approximate surface area is 116 Å². The van der Waals surface area contributed by atoms with E-state index in [1.54, 1.807) is 0 Å². The average Bonchev–Trinajstić information content (AvgIpc) is 2.89. The fourth-order valence-electron chi connectivity index (χ4n) is 1.68. The van der Waals surface area contributed by atoms with Crippen LogP contribution >= 0.6 is 0 Å². The molecule has 7 nitrogen and oxygen atoms in total. The van der Waals surface area contributed by atoms with Crippen LogP contribution in [0.1, 0.15) is 17.4 Å². The molecule has 1 heterocycles. The summed E-state index contributed by atoms with van der Waals surface area (Å²) in [6.45, 7) is 3.70. The zero-order chi connectivity index (χ0) is 14.4. The lowest BCUT2D eigenvalue weighted by molar-refractivity contribution is 0.0690. The summed E-state index contributed by atoms with van der Waals surface area (Å²) in [5, 5.41) is 19.2. The molecule has 0 aliphatic carbocycles. The van der Waals surface area contributed by atoms with Crippen LogP contribution < -0.4 is 10.1 Å². The molecule has 0 unspecified atom stereocenters. The van der Waals surface area contributed by atoms with E-state index in [0.29, 0.717) is 19.7 Å². The fraction of sp³-hybridized carbons (Fsp3) is 0.308. The second-order valence-corrected chi connectivity index (χ2v) is 4.06. The molecule has 2 aromatic rings. The maximum absolute atomic E-state index is 10.7. The van der Waals surface area contributed by atoms with Gasteiger partial charge in [0.05, 0.1) is 19.3 Å². The van der Waals surface area contributed by atoms with Crippen LogP contribution in [0.15, 0.2) is 30.5 Å². The summed E-state index contributed by atoms with van der Waals surface area (Å²) in [6, 6.07) is 7.65. The summed E-state index contributed by atoms with van der Waals surface area (Å²) in [5.41, 5.74) is 0.887. The lowest BCUT2D eigenvalue weighted by atomic mass is 10.3. The van der Waals surface area contributed by atoms with Gasteiger partial charge in [-0.1, -0.05) is 11.3 Å². The van der Waals surface area contributed by atoms with E-state index in [9.17, 15) is 4.79 Å². The van der Waals surface area contributed by atoms with Crippen LogP contribution in [0.3, 0.4) is 0 Å². The molecule has 0 saturated heterocycles. The molecule has 1 aromatic carbocycles. The lowest BCUT2D eigenvalue weighted by Crippen LogP contribution is -2.11. The van der Waals surface area contributed by atoms with E-state index >= 15 is 0 Å². The van der Waals surface area contributed by atoms with Crippen molar-refractivity contribution < 1.29 is 14.6 Å². The molecule has 0 radical (unpaired) electrons. The van der Waals surface area contributed by atoms with Gasteiger partial charge >= 0.3 is 5.97 Å². The van der Waals surface area contributed by atoms with E-state index in [-0.39, 0.29) is 5.69 Å². The molecule has 0 bridgehead atoms. The number of nitrogens with one attached hydrogen (secondary N) is 1. The molecule has 1 aromatic heterocycles. The van der Waals surface area contributed by atoms with Gasteiger partial charge in [-0.25, -0.2) is 9.48 Å². The zero-order valence-corrected chi connectivity index (χ0v) is 11.1. The molecule has 0 aliphatic heterocycles. The van der Waals surface area contributed by atoms with Gasteiger partial charge < -0.3 is 15.2 Å². The van der Waals surface area contributed by atoms with Gasteiger partial charge in [0.1, 0.15) is 5.75 Å². The van der Waals surface area contributed by atoms with E-state index in [1.165, 1.54) is 10.9 Å². The van der Waals surface area contributed by atoms with Crippen LogP contribution in [0.2, 0.25) is 0 Å². The number of carbonyl (C=O) groups is 1. The van der Waals surface area contributed by atoms with Crippen molar-refractivity contribution in [3.05, 3.63) is 36.2 Å². The Morgan fingerprint density at radius 3 is 3.05 bits per heavy atom. The monoisotopic (exact) mass is 276 g/mol. The van der Waals surface area contributed by atoms with Crippen LogP contribution in [0.4, 0.5) is 5.69 Å². The zero-order valence-electron chi connectivity index (χ0n) is 11.1. The minimum Gasteiger partial charge on any atom is -0.494 e. The molecule has 20 heavy (non-hydrogen) atoms. The number of anilines is 1. The summed E-state index contributed by atoms with van der Waals surface area (Å²) in [7, 11) is 0. The van der Waals surface area contributed by atoms with Gasteiger partial charge in [-0.2, -0.15) is 0 Å². The number of aromatic nitrogens is 3. The van der Waals surface area contributed by atoms with Gasteiger partial charge in [-0.3, -0.25) is 0 Å². The first kappa shape index (κ1) is 13.9. The quantitative estimate of drug-likeness (QED) is 0.796. The van der Waals surface area contributed by atoms with Crippen molar-refractivity contribution in [2.24, 2.45) is 0 Å². The normalized spacial score (nSPS) is 10.2. The highest BCUT2D eigenvalue weighted by molar-refractivity contribution is 5.84. The highest BCUT2D eigenvalue weighted by Gasteiger charge is 2.07. The number of ether oxygens (including phenoxy) is 1. The number of hydrogen-bond acceptors (Lipinski definition) is 5. The molecular formula is C13H16N4O3. The Kier molecular flexibility index (Phi) is 4.54. The second kappa shape index (κ2) is 6.55. The molecule has 0 aliphatic rings. The first-order chi connectivity index (χ1) is 9.69. The molecule has 106 valence electrons. The van der Waals surface area contributed by atoms with Crippen molar-refractivity contribution in [3.63, 3.8) is 0 Å². The van der Waals surface area contributed by atoms with Crippen molar-refractivity contribution in [3.8, 4) is 5.75 Å². The molecular weight excluding hydrogens is 260 g/mol. The van der Waals surface area contributed by atoms with E-state index < -0.39 is 5.97 Å². The lowest BCUT2D eigenvalue weighted by Gasteiger charge is -2.08. The van der Waals surface area contributed by atoms with Crippen molar-refractivity contribution in [1.82, 2.24) is 15.0 Å². The van der Waals surface area contributed by atoms with E-state index in [2.05, 4.69) is 15.6 Å². The maximum Gasteiger partial charge on any atom is 0.358 e. The first-order valence-corrected chi connectivity index (χ1v) is 6.29. The number of aromatic carboxylic acids is 1. The third-order valence-electron chi connectivity index (χ3n) is 2.57. The Morgan fingerprint density at radius 2 is 2.35 bits per heavy atom. The number of rotatable bonds is 7. The van der Waals surface area contributed by atoms with Crippen LogP contribution in [0, 0.1) is 0 Å². The van der Waals surface area contributed by atoms with Crippen molar-refractivity contribution >= 4 is 11.7 Å². The minimum absolute atomic E-state index is 0.0525. The maximum atomic E-state index is 10.7. The van der Waals surface area contributed by atoms with E-state index in [1.807, 2.05) is 31.2 Å². The van der Waals surface area contributed by atoms with Gasteiger partial charge in [0, 0.05) is 18.3 Å². The van der Waals surface area contributed by atoms with Crippen LogP contribution in [-0.2, 0) is 6.54 Å². The largest absolute Gasteiger partial charge is 0.494 e.